The second-order valence-electron chi connectivity index (χ2n) is 6.50. The van der Waals surface area contributed by atoms with E-state index in [1.54, 1.807) is 11.8 Å². The average Bonchev–Trinajstić information content (AvgIpc) is 2.79. The number of likely N-dealkylation sites (tertiary alicyclic amines) is 1. The smallest absolute Gasteiger partial charge is 0.410 e. The van der Waals surface area contributed by atoms with Crippen LogP contribution in [0.5, 0.6) is 0 Å². The number of rotatable bonds is 2. The highest BCUT2D eigenvalue weighted by atomic mass is 16.6. The average molecular weight is 310 g/mol. The second-order valence-corrected chi connectivity index (χ2v) is 6.50. The molecule has 0 atom stereocenters. The first kappa shape index (κ1) is 16.3. The van der Waals surface area contributed by atoms with Gasteiger partial charge in [-0.15, -0.1) is 0 Å². The fraction of sp³-hybridized carbons (Fsp3) is 0.667. The summed E-state index contributed by atoms with van der Waals surface area (Å²) in [5.41, 5.74) is -0.547. The molecule has 7 heteroatoms. The van der Waals surface area contributed by atoms with E-state index in [9.17, 15) is 9.59 Å². The SMILES string of the molecule is Cc1oc(C2CCN(C(=O)OC(C)(C)C)CC2)nc1C(=O)O. The van der Waals surface area contributed by atoms with Gasteiger partial charge in [0.05, 0.1) is 0 Å². The minimum absolute atomic E-state index is 0.0329. The predicted octanol–water partition coefficient (Wildman–Crippen LogP) is 2.80. The third-order valence-electron chi connectivity index (χ3n) is 3.51. The number of nitrogens with zero attached hydrogens (tertiary/aromatic N) is 2. The number of carbonyl (C=O) groups is 2. The zero-order valence-corrected chi connectivity index (χ0v) is 13.4. The summed E-state index contributed by atoms with van der Waals surface area (Å²) in [4.78, 5) is 28.7. The van der Waals surface area contributed by atoms with Gasteiger partial charge in [0.15, 0.2) is 11.6 Å². The Labute approximate surface area is 129 Å². The quantitative estimate of drug-likeness (QED) is 0.903. The Balaban J connectivity index is 1.96. The Bertz CT molecular complexity index is 565. The zero-order chi connectivity index (χ0) is 16.5. The molecule has 0 aliphatic carbocycles. The van der Waals surface area contributed by atoms with Crippen LogP contribution < -0.4 is 0 Å². The van der Waals surface area contributed by atoms with E-state index in [1.807, 2.05) is 20.8 Å². The Kier molecular flexibility index (Phi) is 4.44. The van der Waals surface area contributed by atoms with Crippen molar-refractivity contribution in [1.29, 1.82) is 0 Å². The molecule has 22 heavy (non-hydrogen) atoms. The van der Waals surface area contributed by atoms with Crippen LogP contribution in [0.1, 0.15) is 61.7 Å². The normalized spacial score (nSPS) is 16.6. The molecule has 7 nitrogen and oxygen atoms in total. The van der Waals surface area contributed by atoms with Crippen molar-refractivity contribution in [1.82, 2.24) is 9.88 Å². The summed E-state index contributed by atoms with van der Waals surface area (Å²) < 4.78 is 10.8. The molecule has 1 aliphatic heterocycles. The molecule has 0 radical (unpaired) electrons. The minimum Gasteiger partial charge on any atom is -0.476 e. The number of hydrogen-bond donors (Lipinski definition) is 1. The van der Waals surface area contributed by atoms with Gasteiger partial charge in [-0.2, -0.15) is 0 Å². The van der Waals surface area contributed by atoms with E-state index in [-0.39, 0.29) is 17.7 Å². The van der Waals surface area contributed by atoms with Crippen LogP contribution in [-0.2, 0) is 4.74 Å². The molecule has 1 amide bonds. The standard InChI is InChI=1S/C15H22N2O5/c1-9-11(13(18)19)16-12(21-9)10-5-7-17(8-6-10)14(20)22-15(2,3)4/h10H,5-8H2,1-4H3,(H,18,19). The van der Waals surface area contributed by atoms with Crippen LogP contribution in [0, 0.1) is 6.92 Å². The van der Waals surface area contributed by atoms with Gasteiger partial charge in [-0.3, -0.25) is 0 Å². The first-order chi connectivity index (χ1) is 10.2. The lowest BCUT2D eigenvalue weighted by atomic mass is 9.97. The Morgan fingerprint density at radius 3 is 2.36 bits per heavy atom. The summed E-state index contributed by atoms with van der Waals surface area (Å²) in [6.07, 6.45) is 1.04. The molecule has 0 saturated carbocycles. The van der Waals surface area contributed by atoms with Gasteiger partial charge in [0.2, 0.25) is 0 Å². The zero-order valence-electron chi connectivity index (χ0n) is 13.4. The van der Waals surface area contributed by atoms with Gasteiger partial charge >= 0.3 is 12.1 Å². The highest BCUT2D eigenvalue weighted by Gasteiger charge is 2.30. The molecule has 1 aromatic rings. The molecule has 1 aromatic heterocycles. The summed E-state index contributed by atoms with van der Waals surface area (Å²) in [7, 11) is 0. The number of aryl methyl sites for hydroxylation is 1. The lowest BCUT2D eigenvalue weighted by Crippen LogP contribution is -2.41. The Morgan fingerprint density at radius 1 is 1.32 bits per heavy atom. The van der Waals surface area contributed by atoms with E-state index < -0.39 is 11.6 Å². The fourth-order valence-corrected chi connectivity index (χ4v) is 2.43. The van der Waals surface area contributed by atoms with Crippen LogP contribution in [0.3, 0.4) is 0 Å². The van der Waals surface area contributed by atoms with Crippen molar-refractivity contribution >= 4 is 12.1 Å². The number of carbonyl (C=O) groups excluding carboxylic acids is 1. The lowest BCUT2D eigenvalue weighted by Gasteiger charge is -2.32. The summed E-state index contributed by atoms with van der Waals surface area (Å²) in [5, 5.41) is 9.01. The van der Waals surface area contributed by atoms with Crippen molar-refractivity contribution in [2.24, 2.45) is 0 Å². The second kappa shape index (κ2) is 5.98. The van der Waals surface area contributed by atoms with Gasteiger partial charge in [-0.05, 0) is 40.5 Å². The van der Waals surface area contributed by atoms with Crippen LogP contribution in [0.4, 0.5) is 4.79 Å². The number of aromatic nitrogens is 1. The van der Waals surface area contributed by atoms with Crippen LogP contribution in [0.25, 0.3) is 0 Å². The summed E-state index contributed by atoms with van der Waals surface area (Å²) in [6.45, 7) is 8.19. The van der Waals surface area contributed by atoms with Crippen molar-refractivity contribution in [2.45, 2.75) is 52.1 Å². The topological polar surface area (TPSA) is 92.9 Å². The maximum atomic E-state index is 12.0. The summed E-state index contributed by atoms with van der Waals surface area (Å²) in [6, 6.07) is 0. The van der Waals surface area contributed by atoms with E-state index in [0.717, 1.165) is 0 Å². The number of carboxylic acid groups (broad SMARTS) is 1. The Hall–Kier alpha value is -2.05. The summed E-state index contributed by atoms with van der Waals surface area (Å²) in [5.74, 6) is -0.292. The first-order valence-corrected chi connectivity index (χ1v) is 7.36. The van der Waals surface area contributed by atoms with E-state index in [4.69, 9.17) is 14.3 Å². The molecule has 0 unspecified atom stereocenters. The van der Waals surface area contributed by atoms with Crippen LogP contribution in [-0.4, -0.2) is 45.7 Å². The van der Waals surface area contributed by atoms with Gasteiger partial charge in [0.1, 0.15) is 11.4 Å². The van der Waals surface area contributed by atoms with E-state index in [1.165, 1.54) is 0 Å². The van der Waals surface area contributed by atoms with Crippen molar-refractivity contribution in [2.75, 3.05) is 13.1 Å². The molecular formula is C15H22N2O5. The number of aromatic carboxylic acids is 1. The largest absolute Gasteiger partial charge is 0.476 e. The van der Waals surface area contributed by atoms with Crippen LogP contribution >= 0.6 is 0 Å². The molecule has 1 saturated heterocycles. The van der Waals surface area contributed by atoms with E-state index in [2.05, 4.69) is 4.98 Å². The third-order valence-corrected chi connectivity index (χ3v) is 3.51. The number of hydrogen-bond acceptors (Lipinski definition) is 5. The van der Waals surface area contributed by atoms with Gasteiger partial charge in [-0.25, -0.2) is 14.6 Å². The number of oxazole rings is 1. The van der Waals surface area contributed by atoms with Crippen molar-refractivity contribution in [3.8, 4) is 0 Å². The van der Waals surface area contributed by atoms with Gasteiger partial charge in [-0.1, -0.05) is 0 Å². The fourth-order valence-electron chi connectivity index (χ4n) is 2.43. The van der Waals surface area contributed by atoms with Gasteiger partial charge < -0.3 is 19.2 Å². The molecule has 2 rings (SSSR count). The third kappa shape index (κ3) is 3.78. The highest BCUT2D eigenvalue weighted by Crippen LogP contribution is 2.29. The van der Waals surface area contributed by atoms with Gasteiger partial charge in [0.25, 0.3) is 0 Å². The molecule has 0 aromatic carbocycles. The molecule has 1 N–H and O–H groups in total. The number of ether oxygens (including phenoxy) is 1. The molecule has 0 spiro atoms. The summed E-state index contributed by atoms with van der Waals surface area (Å²) >= 11 is 0. The molecule has 1 aliphatic rings. The van der Waals surface area contributed by atoms with E-state index in [0.29, 0.717) is 37.6 Å². The Morgan fingerprint density at radius 2 is 1.91 bits per heavy atom. The first-order valence-electron chi connectivity index (χ1n) is 7.36. The highest BCUT2D eigenvalue weighted by molar-refractivity contribution is 5.86. The molecular weight excluding hydrogens is 288 g/mol. The lowest BCUT2D eigenvalue weighted by molar-refractivity contribution is 0.0199. The van der Waals surface area contributed by atoms with Crippen LogP contribution in [0.2, 0.25) is 0 Å². The van der Waals surface area contributed by atoms with E-state index >= 15 is 0 Å². The van der Waals surface area contributed by atoms with Gasteiger partial charge in [0, 0.05) is 19.0 Å². The molecule has 1 fully saturated rings. The van der Waals surface area contributed by atoms with Crippen molar-refractivity contribution in [3.63, 3.8) is 0 Å². The minimum atomic E-state index is -1.08. The van der Waals surface area contributed by atoms with Crippen LogP contribution in [0.15, 0.2) is 4.42 Å². The molecule has 122 valence electrons. The van der Waals surface area contributed by atoms with Crippen molar-refractivity contribution < 1.29 is 23.8 Å². The number of carboxylic acids is 1. The molecule has 2 heterocycles. The molecule has 0 bridgehead atoms. The predicted molar refractivity (Wildman–Crippen MR) is 78.0 cm³/mol. The number of amides is 1. The number of piperidine rings is 1. The maximum absolute atomic E-state index is 12.0. The maximum Gasteiger partial charge on any atom is 0.410 e. The monoisotopic (exact) mass is 310 g/mol. The van der Waals surface area contributed by atoms with Crippen molar-refractivity contribution in [3.05, 3.63) is 17.3 Å².